The van der Waals surface area contributed by atoms with Gasteiger partial charge in [0.1, 0.15) is 0 Å². The van der Waals surface area contributed by atoms with Gasteiger partial charge in [-0.2, -0.15) is 0 Å². The fourth-order valence-corrected chi connectivity index (χ4v) is 3.37. The van der Waals surface area contributed by atoms with Crippen molar-refractivity contribution in [3.8, 4) is 0 Å². The number of ether oxygens (including phenoxy) is 1. The number of piperidine rings is 1. The van der Waals surface area contributed by atoms with E-state index in [1.165, 1.54) is 25.9 Å². The summed E-state index contributed by atoms with van der Waals surface area (Å²) >= 11 is 0. The van der Waals surface area contributed by atoms with Gasteiger partial charge in [-0.05, 0) is 40.2 Å². The molecule has 2 saturated heterocycles. The third-order valence-corrected chi connectivity index (χ3v) is 5.04. The smallest absolute Gasteiger partial charge is 0.0622 e. The van der Waals surface area contributed by atoms with Gasteiger partial charge in [-0.1, -0.05) is 0 Å². The maximum absolute atomic E-state index is 6.13. The topological polar surface area (TPSA) is 41.7 Å². The summed E-state index contributed by atoms with van der Waals surface area (Å²) in [6.45, 7) is 9.47. The Balaban J connectivity index is 1.98. The second-order valence-corrected chi connectivity index (χ2v) is 6.19. The summed E-state index contributed by atoms with van der Waals surface area (Å²) in [6, 6.07) is 1.22. The van der Waals surface area contributed by atoms with E-state index < -0.39 is 0 Å². The van der Waals surface area contributed by atoms with E-state index in [4.69, 9.17) is 10.5 Å². The molecule has 1 unspecified atom stereocenters. The predicted octanol–water partition coefficient (Wildman–Crippen LogP) is 0.909. The third kappa shape index (κ3) is 2.72. The molecule has 0 spiro atoms. The molecule has 2 rings (SSSR count). The molecule has 2 aliphatic heterocycles. The van der Waals surface area contributed by atoms with Crippen LogP contribution in [0.25, 0.3) is 0 Å². The van der Waals surface area contributed by atoms with Crippen LogP contribution in [0, 0.1) is 0 Å². The maximum Gasteiger partial charge on any atom is 0.0622 e. The minimum absolute atomic E-state index is 0.198. The fraction of sp³-hybridized carbons (Fsp3) is 1.00. The lowest BCUT2D eigenvalue weighted by Gasteiger charge is -2.49. The first-order valence-electron chi connectivity index (χ1n) is 7.34. The van der Waals surface area contributed by atoms with Crippen molar-refractivity contribution < 1.29 is 4.74 Å². The molecule has 2 aliphatic rings. The first-order valence-corrected chi connectivity index (χ1v) is 7.34. The van der Waals surface area contributed by atoms with Crippen molar-refractivity contribution in [1.29, 1.82) is 0 Å². The van der Waals surface area contributed by atoms with Gasteiger partial charge in [0.15, 0.2) is 0 Å². The first-order chi connectivity index (χ1) is 8.59. The Morgan fingerprint density at radius 1 is 1.39 bits per heavy atom. The van der Waals surface area contributed by atoms with E-state index in [2.05, 4.69) is 30.7 Å². The molecular weight excluding hydrogens is 226 g/mol. The summed E-state index contributed by atoms with van der Waals surface area (Å²) < 4.78 is 5.52. The SMILES string of the molecule is CC(C)N1CCC(CN)(N(C)C2CCOC2)CC1. The number of likely N-dealkylation sites (tertiary alicyclic amines) is 1. The van der Waals surface area contributed by atoms with Gasteiger partial charge in [0.25, 0.3) is 0 Å². The molecule has 0 aliphatic carbocycles. The lowest BCUT2D eigenvalue weighted by atomic mass is 9.84. The Morgan fingerprint density at radius 3 is 2.50 bits per heavy atom. The Labute approximate surface area is 111 Å². The summed E-state index contributed by atoms with van der Waals surface area (Å²) in [5, 5.41) is 0. The van der Waals surface area contributed by atoms with Crippen LogP contribution in [0.3, 0.4) is 0 Å². The summed E-state index contributed by atoms with van der Waals surface area (Å²) in [5.41, 5.74) is 6.33. The summed E-state index contributed by atoms with van der Waals surface area (Å²) in [6.07, 6.45) is 3.54. The molecule has 0 aromatic heterocycles. The predicted molar refractivity (Wildman–Crippen MR) is 74.7 cm³/mol. The van der Waals surface area contributed by atoms with Crippen molar-refractivity contribution in [2.24, 2.45) is 5.73 Å². The zero-order valence-corrected chi connectivity index (χ0v) is 12.2. The molecule has 2 fully saturated rings. The van der Waals surface area contributed by atoms with Crippen LogP contribution in [-0.2, 0) is 4.74 Å². The van der Waals surface area contributed by atoms with Crippen LogP contribution in [0.5, 0.6) is 0 Å². The number of likely N-dealkylation sites (N-methyl/N-ethyl adjacent to an activating group) is 1. The molecule has 0 aromatic carbocycles. The third-order valence-electron chi connectivity index (χ3n) is 5.04. The van der Waals surface area contributed by atoms with Crippen molar-refractivity contribution in [2.75, 3.05) is 39.9 Å². The molecule has 1 atom stereocenters. The number of rotatable bonds is 4. The molecule has 18 heavy (non-hydrogen) atoms. The van der Waals surface area contributed by atoms with E-state index in [0.29, 0.717) is 12.1 Å². The van der Waals surface area contributed by atoms with Crippen LogP contribution in [0.15, 0.2) is 0 Å². The van der Waals surface area contributed by atoms with E-state index in [-0.39, 0.29) is 5.54 Å². The molecule has 2 heterocycles. The van der Waals surface area contributed by atoms with Crippen molar-refractivity contribution in [2.45, 2.75) is 50.7 Å². The lowest BCUT2D eigenvalue weighted by molar-refractivity contribution is 0.00576. The Morgan fingerprint density at radius 2 is 2.06 bits per heavy atom. The monoisotopic (exact) mass is 255 g/mol. The standard InChI is InChI=1S/C14H29N3O/c1-12(2)17-7-5-14(11-15,6-8-17)16(3)13-4-9-18-10-13/h12-13H,4-11,15H2,1-3H3. The van der Waals surface area contributed by atoms with Crippen LogP contribution in [0.2, 0.25) is 0 Å². The van der Waals surface area contributed by atoms with Gasteiger partial charge in [-0.15, -0.1) is 0 Å². The highest BCUT2D eigenvalue weighted by molar-refractivity contribution is 4.98. The lowest BCUT2D eigenvalue weighted by Crippen LogP contribution is -2.61. The van der Waals surface area contributed by atoms with Crippen LogP contribution in [0.4, 0.5) is 0 Å². The van der Waals surface area contributed by atoms with Crippen molar-refractivity contribution in [3.63, 3.8) is 0 Å². The molecule has 2 N–H and O–H groups in total. The van der Waals surface area contributed by atoms with Gasteiger partial charge >= 0.3 is 0 Å². The number of nitrogens with zero attached hydrogens (tertiary/aromatic N) is 2. The van der Waals surface area contributed by atoms with E-state index in [1.54, 1.807) is 0 Å². The number of hydrogen-bond donors (Lipinski definition) is 1. The molecule has 4 heteroatoms. The maximum atomic E-state index is 6.13. The largest absolute Gasteiger partial charge is 0.380 e. The molecule has 106 valence electrons. The molecule has 0 bridgehead atoms. The van der Waals surface area contributed by atoms with Crippen LogP contribution < -0.4 is 5.73 Å². The Bertz CT molecular complexity index is 256. The molecule has 0 saturated carbocycles. The highest BCUT2D eigenvalue weighted by Gasteiger charge is 2.40. The fourth-order valence-electron chi connectivity index (χ4n) is 3.37. The molecule has 0 amide bonds. The van der Waals surface area contributed by atoms with Gasteiger partial charge in [-0.3, -0.25) is 4.90 Å². The Kier molecular flexibility index (Phi) is 4.64. The first kappa shape index (κ1) is 14.3. The van der Waals surface area contributed by atoms with Gasteiger partial charge in [-0.25, -0.2) is 0 Å². The second kappa shape index (κ2) is 5.87. The van der Waals surface area contributed by atoms with Gasteiger partial charge in [0.05, 0.1) is 6.61 Å². The van der Waals surface area contributed by atoms with E-state index in [1.807, 2.05) is 0 Å². The zero-order valence-electron chi connectivity index (χ0n) is 12.2. The second-order valence-electron chi connectivity index (χ2n) is 6.19. The Hall–Kier alpha value is -0.160. The van der Waals surface area contributed by atoms with E-state index in [9.17, 15) is 0 Å². The number of nitrogens with two attached hydrogens (primary N) is 1. The van der Waals surface area contributed by atoms with Crippen molar-refractivity contribution in [1.82, 2.24) is 9.80 Å². The molecule has 4 nitrogen and oxygen atoms in total. The molecule has 0 aromatic rings. The zero-order chi connectivity index (χ0) is 13.2. The highest BCUT2D eigenvalue weighted by atomic mass is 16.5. The van der Waals surface area contributed by atoms with Crippen molar-refractivity contribution in [3.05, 3.63) is 0 Å². The van der Waals surface area contributed by atoms with Crippen LogP contribution >= 0.6 is 0 Å². The minimum Gasteiger partial charge on any atom is -0.380 e. The minimum atomic E-state index is 0.198. The average molecular weight is 255 g/mol. The van der Waals surface area contributed by atoms with E-state index >= 15 is 0 Å². The highest BCUT2D eigenvalue weighted by Crippen LogP contribution is 2.31. The van der Waals surface area contributed by atoms with Crippen LogP contribution in [-0.4, -0.2) is 67.3 Å². The average Bonchev–Trinajstić information content (AvgIpc) is 2.91. The molecule has 0 radical (unpaired) electrons. The van der Waals surface area contributed by atoms with Crippen molar-refractivity contribution >= 4 is 0 Å². The van der Waals surface area contributed by atoms with Gasteiger partial charge < -0.3 is 15.4 Å². The molecular formula is C14H29N3O. The van der Waals surface area contributed by atoms with Gasteiger partial charge in [0.2, 0.25) is 0 Å². The van der Waals surface area contributed by atoms with Crippen LogP contribution in [0.1, 0.15) is 33.1 Å². The normalized spacial score (nSPS) is 29.3. The van der Waals surface area contributed by atoms with Gasteiger partial charge in [0, 0.05) is 43.9 Å². The summed E-state index contributed by atoms with van der Waals surface area (Å²) in [7, 11) is 2.25. The number of hydrogen-bond acceptors (Lipinski definition) is 4. The quantitative estimate of drug-likeness (QED) is 0.811. The summed E-state index contributed by atoms with van der Waals surface area (Å²) in [5.74, 6) is 0. The van der Waals surface area contributed by atoms with E-state index in [0.717, 1.165) is 26.2 Å². The summed E-state index contributed by atoms with van der Waals surface area (Å²) in [4.78, 5) is 5.09.